The minimum Gasteiger partial charge on any atom is -0.457 e. The van der Waals surface area contributed by atoms with E-state index >= 15 is 0 Å². The van der Waals surface area contributed by atoms with Crippen molar-refractivity contribution in [2.75, 3.05) is 20.2 Å². The lowest BCUT2D eigenvalue weighted by Crippen LogP contribution is -2.18. The lowest BCUT2D eigenvalue weighted by Gasteiger charge is -2.16. The summed E-state index contributed by atoms with van der Waals surface area (Å²) >= 11 is 0. The Hall–Kier alpha value is -2.74. The molecule has 0 aliphatic carbocycles. The molecule has 7 heteroatoms. The maximum Gasteiger partial charge on any atom is 0.338 e. The van der Waals surface area contributed by atoms with Crippen LogP contribution in [-0.4, -0.2) is 42.4 Å². The number of hydrogen-bond donors (Lipinski definition) is 3. The molecule has 2 aromatic carbocycles. The molecule has 0 radical (unpaired) electrons. The summed E-state index contributed by atoms with van der Waals surface area (Å²) in [7, 11) is 1.79. The van der Waals surface area contributed by atoms with Crippen LogP contribution in [0.3, 0.4) is 0 Å². The van der Waals surface area contributed by atoms with Crippen molar-refractivity contribution in [3.63, 3.8) is 0 Å². The number of aliphatic hydroxyl groups excluding tert-OH is 2. The fraction of sp³-hybridized carbons (Fsp3) is 0.440. The van der Waals surface area contributed by atoms with Crippen molar-refractivity contribution in [3.8, 4) is 0 Å². The average molecular weight is 442 g/mol. The number of likely N-dealkylation sites (N-methyl/N-ethyl adjacent to an activating group) is 1. The van der Waals surface area contributed by atoms with Crippen LogP contribution < -0.4 is 5.32 Å². The van der Waals surface area contributed by atoms with Crippen molar-refractivity contribution >= 4 is 11.9 Å². The normalized spacial score (nSPS) is 15.8. The van der Waals surface area contributed by atoms with E-state index in [2.05, 4.69) is 12.2 Å². The summed E-state index contributed by atoms with van der Waals surface area (Å²) in [5.74, 6) is -0.351. The highest BCUT2D eigenvalue weighted by atomic mass is 16.5. The van der Waals surface area contributed by atoms with Crippen LogP contribution in [0, 0.1) is 13.8 Å². The molecule has 0 spiro atoms. The third-order valence-electron chi connectivity index (χ3n) is 6.33. The first kappa shape index (κ1) is 23.9. The SMILES string of the molecule is CCC(CO)c1ccc2c(c1C)COC2=O.CNCC(O)c1ccc2c(c1C)COC2=O. The molecule has 172 valence electrons. The van der Waals surface area contributed by atoms with Gasteiger partial charge in [0.2, 0.25) is 0 Å². The predicted molar refractivity (Wildman–Crippen MR) is 120 cm³/mol. The summed E-state index contributed by atoms with van der Waals surface area (Å²) in [6, 6.07) is 7.27. The van der Waals surface area contributed by atoms with Crippen LogP contribution in [-0.2, 0) is 22.7 Å². The first-order valence-electron chi connectivity index (χ1n) is 10.9. The number of nitrogens with one attached hydrogen (secondary N) is 1. The van der Waals surface area contributed by atoms with Gasteiger partial charge in [-0.2, -0.15) is 0 Å². The van der Waals surface area contributed by atoms with Crippen molar-refractivity contribution in [1.29, 1.82) is 0 Å². The zero-order valence-electron chi connectivity index (χ0n) is 19.0. The summed E-state index contributed by atoms with van der Waals surface area (Å²) < 4.78 is 9.97. The maximum atomic E-state index is 11.4. The highest BCUT2D eigenvalue weighted by Gasteiger charge is 2.26. The minimum atomic E-state index is -0.550. The van der Waals surface area contributed by atoms with Crippen LogP contribution >= 0.6 is 0 Å². The van der Waals surface area contributed by atoms with Gasteiger partial charge in [-0.05, 0) is 61.7 Å². The number of ether oxygens (including phenoxy) is 2. The van der Waals surface area contributed by atoms with E-state index in [0.29, 0.717) is 30.9 Å². The van der Waals surface area contributed by atoms with Gasteiger partial charge in [-0.1, -0.05) is 19.1 Å². The first-order valence-corrected chi connectivity index (χ1v) is 10.9. The summed E-state index contributed by atoms with van der Waals surface area (Å²) in [5, 5.41) is 22.1. The van der Waals surface area contributed by atoms with E-state index < -0.39 is 6.10 Å². The van der Waals surface area contributed by atoms with Gasteiger partial charge in [0.15, 0.2) is 0 Å². The number of esters is 2. The van der Waals surface area contributed by atoms with Gasteiger partial charge in [0.1, 0.15) is 13.2 Å². The standard InChI is InChI=1S/C13H16O3.C12H15NO3/c1-3-9(6-14)10-4-5-11-12(8(10)2)7-16-13(11)15;1-7-8(11(14)5-13-2)3-4-9-10(7)6-16-12(9)15/h4-5,9,14H,3,6-7H2,1-2H3;3-4,11,13-14H,5-6H2,1-2H3. The smallest absolute Gasteiger partial charge is 0.338 e. The summed E-state index contributed by atoms with van der Waals surface area (Å²) in [6.07, 6.45) is 0.344. The molecular weight excluding hydrogens is 410 g/mol. The van der Waals surface area contributed by atoms with E-state index in [4.69, 9.17) is 9.47 Å². The van der Waals surface area contributed by atoms with Crippen LogP contribution in [0.4, 0.5) is 0 Å². The lowest BCUT2D eigenvalue weighted by molar-refractivity contribution is 0.0526. The molecule has 2 heterocycles. The van der Waals surface area contributed by atoms with Gasteiger partial charge in [0.25, 0.3) is 0 Å². The molecule has 0 saturated carbocycles. The largest absolute Gasteiger partial charge is 0.457 e. The van der Waals surface area contributed by atoms with Crippen LogP contribution in [0.15, 0.2) is 24.3 Å². The first-order chi connectivity index (χ1) is 15.3. The second-order valence-corrected chi connectivity index (χ2v) is 8.13. The number of fused-ring (bicyclic) bond motifs is 2. The molecule has 0 fully saturated rings. The van der Waals surface area contributed by atoms with E-state index in [9.17, 15) is 19.8 Å². The van der Waals surface area contributed by atoms with Gasteiger partial charge in [-0.15, -0.1) is 0 Å². The van der Waals surface area contributed by atoms with Gasteiger partial charge < -0.3 is 25.0 Å². The Morgan fingerprint density at radius 2 is 1.44 bits per heavy atom. The van der Waals surface area contributed by atoms with Crippen LogP contribution in [0.25, 0.3) is 0 Å². The Bertz CT molecular complexity index is 1010. The van der Waals surface area contributed by atoms with Crippen LogP contribution in [0.1, 0.15) is 79.5 Å². The third kappa shape index (κ3) is 4.55. The van der Waals surface area contributed by atoms with Crippen molar-refractivity contribution in [2.24, 2.45) is 0 Å². The number of rotatable bonds is 6. The predicted octanol–water partition coefficient (Wildman–Crippen LogP) is 3.07. The Balaban J connectivity index is 0.000000181. The lowest BCUT2D eigenvalue weighted by atomic mass is 9.89. The van der Waals surface area contributed by atoms with E-state index in [1.54, 1.807) is 19.2 Å². The Morgan fingerprint density at radius 1 is 0.938 bits per heavy atom. The molecule has 2 aliphatic heterocycles. The number of carbonyl (C=O) groups excluding carboxylic acids is 2. The quantitative estimate of drug-likeness (QED) is 0.592. The molecule has 32 heavy (non-hydrogen) atoms. The van der Waals surface area contributed by atoms with Crippen molar-refractivity contribution in [2.45, 2.75) is 52.4 Å². The molecule has 0 bridgehead atoms. The Labute approximate surface area is 188 Å². The van der Waals surface area contributed by atoms with Crippen molar-refractivity contribution in [3.05, 3.63) is 68.8 Å². The molecule has 0 amide bonds. The van der Waals surface area contributed by atoms with Gasteiger partial charge in [0.05, 0.1) is 17.2 Å². The second kappa shape index (κ2) is 10.3. The van der Waals surface area contributed by atoms with Gasteiger partial charge in [0, 0.05) is 30.2 Å². The average Bonchev–Trinajstić information content (AvgIpc) is 3.35. The zero-order chi connectivity index (χ0) is 23.4. The monoisotopic (exact) mass is 441 g/mol. The molecule has 2 unspecified atom stereocenters. The molecule has 7 nitrogen and oxygen atoms in total. The molecule has 4 rings (SSSR count). The summed E-state index contributed by atoms with van der Waals surface area (Å²) in [4.78, 5) is 22.7. The Kier molecular flexibility index (Phi) is 7.66. The number of aliphatic hydroxyl groups is 2. The maximum absolute atomic E-state index is 11.4. The van der Waals surface area contributed by atoms with E-state index in [1.807, 2.05) is 26.0 Å². The van der Waals surface area contributed by atoms with Crippen LogP contribution in [0.2, 0.25) is 0 Å². The molecular formula is C25H31NO6. The van der Waals surface area contributed by atoms with Gasteiger partial charge in [-0.3, -0.25) is 0 Å². The third-order valence-corrected chi connectivity index (χ3v) is 6.33. The van der Waals surface area contributed by atoms with Gasteiger partial charge in [-0.25, -0.2) is 9.59 Å². The summed E-state index contributed by atoms with van der Waals surface area (Å²) in [6.45, 7) is 7.29. The Morgan fingerprint density at radius 3 is 1.91 bits per heavy atom. The molecule has 0 saturated heterocycles. The van der Waals surface area contributed by atoms with Gasteiger partial charge >= 0.3 is 11.9 Å². The fourth-order valence-electron chi connectivity index (χ4n) is 4.29. The topological polar surface area (TPSA) is 105 Å². The molecule has 2 aromatic rings. The van der Waals surface area contributed by atoms with Crippen molar-refractivity contribution < 1.29 is 29.3 Å². The molecule has 3 N–H and O–H groups in total. The zero-order valence-corrected chi connectivity index (χ0v) is 19.0. The minimum absolute atomic E-state index is 0.144. The number of carbonyl (C=O) groups is 2. The fourth-order valence-corrected chi connectivity index (χ4v) is 4.29. The molecule has 2 aliphatic rings. The highest BCUT2D eigenvalue weighted by molar-refractivity contribution is 5.94. The summed E-state index contributed by atoms with van der Waals surface area (Å²) in [5.41, 5.74) is 7.20. The molecule has 2 atom stereocenters. The number of benzene rings is 2. The molecule has 0 aromatic heterocycles. The number of hydrogen-bond acceptors (Lipinski definition) is 7. The second-order valence-electron chi connectivity index (χ2n) is 8.13. The van der Waals surface area contributed by atoms with E-state index in [0.717, 1.165) is 39.8 Å². The highest BCUT2D eigenvalue weighted by Crippen LogP contribution is 2.31. The van der Waals surface area contributed by atoms with E-state index in [1.165, 1.54) is 0 Å². The number of cyclic esters (lactones) is 2. The van der Waals surface area contributed by atoms with Crippen LogP contribution in [0.5, 0.6) is 0 Å². The van der Waals surface area contributed by atoms with E-state index in [-0.39, 0.29) is 24.5 Å². The van der Waals surface area contributed by atoms with Crippen molar-refractivity contribution in [1.82, 2.24) is 5.32 Å².